The Morgan fingerprint density at radius 1 is 1.15 bits per heavy atom. The number of hydrogen-bond donors (Lipinski definition) is 2. The molecule has 7 heteroatoms. The fraction of sp³-hybridized carbons (Fsp3) is 0.600. The smallest absolute Gasteiger partial charge is 0.335 e. The first kappa shape index (κ1) is 18.6. The minimum absolute atomic E-state index is 0.0132. The van der Waals surface area contributed by atoms with Gasteiger partial charge in [-0.2, -0.15) is 5.10 Å². The molecule has 4 saturated carbocycles. The van der Waals surface area contributed by atoms with Gasteiger partial charge >= 0.3 is 6.03 Å². The first-order valence-electron chi connectivity index (χ1n) is 9.53. The highest BCUT2D eigenvalue weighted by molar-refractivity contribution is 9.10. The Labute approximate surface area is 168 Å². The molecule has 0 spiro atoms. The van der Waals surface area contributed by atoms with Gasteiger partial charge in [0.25, 0.3) is 0 Å². The Morgan fingerprint density at radius 3 is 2.33 bits per heavy atom. The summed E-state index contributed by atoms with van der Waals surface area (Å²) in [7, 11) is 3.18. The van der Waals surface area contributed by atoms with Crippen molar-refractivity contribution in [2.45, 2.75) is 44.1 Å². The van der Waals surface area contributed by atoms with Gasteiger partial charge in [-0.3, -0.25) is 0 Å². The van der Waals surface area contributed by atoms with Gasteiger partial charge in [-0.15, -0.1) is 0 Å². The van der Waals surface area contributed by atoms with Gasteiger partial charge in [0, 0.05) is 5.54 Å². The quantitative estimate of drug-likeness (QED) is 0.540. The molecule has 0 heterocycles. The van der Waals surface area contributed by atoms with Crippen molar-refractivity contribution >= 4 is 28.2 Å². The van der Waals surface area contributed by atoms with Gasteiger partial charge in [-0.05, 0) is 89.9 Å². The van der Waals surface area contributed by atoms with Crippen LogP contribution >= 0.6 is 15.9 Å². The summed E-state index contributed by atoms with van der Waals surface area (Å²) in [6.45, 7) is 0. The molecule has 1 aromatic carbocycles. The van der Waals surface area contributed by atoms with E-state index in [-0.39, 0.29) is 11.6 Å². The Kier molecular flexibility index (Phi) is 5.05. The van der Waals surface area contributed by atoms with Gasteiger partial charge in [0.05, 0.1) is 24.9 Å². The molecule has 0 atom stereocenters. The summed E-state index contributed by atoms with van der Waals surface area (Å²) in [5, 5.41) is 7.35. The summed E-state index contributed by atoms with van der Waals surface area (Å²) in [6.07, 6.45) is 9.04. The summed E-state index contributed by atoms with van der Waals surface area (Å²) in [5.74, 6) is 3.62. The number of nitrogens with zero attached hydrogens (tertiary/aromatic N) is 1. The van der Waals surface area contributed by atoms with Crippen LogP contribution in [0.3, 0.4) is 0 Å². The topological polar surface area (TPSA) is 72.0 Å². The molecule has 4 aliphatic carbocycles. The highest BCUT2D eigenvalue weighted by atomic mass is 79.9. The molecule has 6 nitrogen and oxygen atoms in total. The summed E-state index contributed by atoms with van der Waals surface area (Å²) < 4.78 is 11.4. The molecule has 2 N–H and O–H groups in total. The van der Waals surface area contributed by atoms with Gasteiger partial charge in [0.15, 0.2) is 11.5 Å². The second-order valence-corrected chi connectivity index (χ2v) is 9.11. The molecule has 27 heavy (non-hydrogen) atoms. The molecule has 2 amide bonds. The molecule has 0 aliphatic heterocycles. The van der Waals surface area contributed by atoms with Crippen LogP contribution in [-0.4, -0.2) is 32.0 Å². The molecule has 4 bridgehead atoms. The number of rotatable bonds is 5. The standard InChI is InChI=1S/C20H26BrN3O3/c1-26-17-7-15(6-16(21)18(17)27-2)11-22-24-19(25)23-20-8-12-3-13(9-20)5-14(4-12)10-20/h6-7,11-14H,3-5,8-10H2,1-2H3,(H2,23,24,25)/b22-11-. The summed E-state index contributed by atoms with van der Waals surface area (Å²) in [4.78, 5) is 12.4. The molecular weight excluding hydrogens is 410 g/mol. The second kappa shape index (κ2) is 7.34. The Hall–Kier alpha value is -1.76. The highest BCUT2D eigenvalue weighted by Gasteiger charge is 2.51. The number of halogens is 1. The van der Waals surface area contributed by atoms with Crippen LogP contribution in [0.15, 0.2) is 21.7 Å². The normalized spacial score (nSPS) is 31.1. The molecular formula is C20H26BrN3O3. The van der Waals surface area contributed by atoms with E-state index in [1.165, 1.54) is 19.3 Å². The van der Waals surface area contributed by atoms with E-state index in [2.05, 4.69) is 31.8 Å². The van der Waals surface area contributed by atoms with Crippen LogP contribution in [0, 0.1) is 17.8 Å². The van der Waals surface area contributed by atoms with Gasteiger partial charge in [-0.25, -0.2) is 10.2 Å². The average Bonchev–Trinajstić information content (AvgIpc) is 2.59. The van der Waals surface area contributed by atoms with Crippen molar-refractivity contribution < 1.29 is 14.3 Å². The fourth-order valence-corrected chi connectivity index (χ4v) is 6.33. The molecule has 4 fully saturated rings. The van der Waals surface area contributed by atoms with Crippen LogP contribution in [-0.2, 0) is 0 Å². The zero-order valence-corrected chi connectivity index (χ0v) is 17.3. The maximum absolute atomic E-state index is 12.4. The average molecular weight is 436 g/mol. The lowest BCUT2D eigenvalue weighted by Gasteiger charge is -2.56. The maximum atomic E-state index is 12.4. The van der Waals surface area contributed by atoms with Crippen molar-refractivity contribution in [2.24, 2.45) is 22.9 Å². The van der Waals surface area contributed by atoms with Gasteiger partial charge in [0.1, 0.15) is 0 Å². The molecule has 0 aromatic heterocycles. The lowest BCUT2D eigenvalue weighted by atomic mass is 9.53. The second-order valence-electron chi connectivity index (χ2n) is 8.26. The zero-order chi connectivity index (χ0) is 19.0. The highest BCUT2D eigenvalue weighted by Crippen LogP contribution is 2.55. The van der Waals surface area contributed by atoms with Gasteiger partial charge in [0.2, 0.25) is 0 Å². The van der Waals surface area contributed by atoms with Crippen molar-refractivity contribution in [1.82, 2.24) is 10.7 Å². The van der Waals surface area contributed by atoms with Gasteiger partial charge < -0.3 is 14.8 Å². The molecule has 146 valence electrons. The number of nitrogens with one attached hydrogen (secondary N) is 2. The van der Waals surface area contributed by atoms with E-state index < -0.39 is 0 Å². The molecule has 0 radical (unpaired) electrons. The number of carbonyl (C=O) groups is 1. The van der Waals surface area contributed by atoms with Crippen LogP contribution in [0.1, 0.15) is 44.1 Å². The van der Waals surface area contributed by atoms with Crippen LogP contribution < -0.4 is 20.2 Å². The van der Waals surface area contributed by atoms with E-state index >= 15 is 0 Å². The predicted octanol–water partition coefficient (Wildman–Crippen LogP) is 4.07. The first-order valence-corrected chi connectivity index (χ1v) is 10.3. The molecule has 4 aliphatic rings. The van der Waals surface area contributed by atoms with Crippen LogP contribution in [0.5, 0.6) is 11.5 Å². The monoisotopic (exact) mass is 435 g/mol. The largest absolute Gasteiger partial charge is 0.493 e. The van der Waals surface area contributed by atoms with Crippen molar-refractivity contribution in [2.75, 3.05) is 14.2 Å². The van der Waals surface area contributed by atoms with Crippen LogP contribution in [0.25, 0.3) is 0 Å². The van der Waals surface area contributed by atoms with Gasteiger partial charge in [-0.1, -0.05) is 0 Å². The van der Waals surface area contributed by atoms with E-state index in [4.69, 9.17) is 9.47 Å². The number of hydrazone groups is 1. The minimum Gasteiger partial charge on any atom is -0.493 e. The molecule has 0 saturated heterocycles. The molecule has 0 unspecified atom stereocenters. The van der Waals surface area contributed by atoms with Crippen molar-refractivity contribution in [3.8, 4) is 11.5 Å². The van der Waals surface area contributed by atoms with Crippen molar-refractivity contribution in [3.05, 3.63) is 22.2 Å². The number of hydrogen-bond acceptors (Lipinski definition) is 4. The van der Waals surface area contributed by atoms with Crippen molar-refractivity contribution in [3.63, 3.8) is 0 Å². The number of urea groups is 1. The lowest BCUT2D eigenvalue weighted by molar-refractivity contribution is -0.0135. The third-order valence-corrected chi connectivity index (χ3v) is 6.84. The Morgan fingerprint density at radius 2 is 1.78 bits per heavy atom. The third-order valence-electron chi connectivity index (χ3n) is 6.25. The molecule has 5 rings (SSSR count). The van der Waals surface area contributed by atoms with E-state index in [0.717, 1.165) is 47.1 Å². The number of benzene rings is 1. The Balaban J connectivity index is 1.38. The van der Waals surface area contributed by atoms with Crippen molar-refractivity contribution in [1.29, 1.82) is 0 Å². The fourth-order valence-electron chi connectivity index (χ4n) is 5.71. The summed E-state index contributed by atoms with van der Waals surface area (Å²) in [6, 6.07) is 3.46. The number of carbonyl (C=O) groups excluding carboxylic acids is 1. The van der Waals surface area contributed by atoms with E-state index in [9.17, 15) is 4.79 Å². The number of amides is 2. The maximum Gasteiger partial charge on any atom is 0.335 e. The lowest BCUT2D eigenvalue weighted by Crippen LogP contribution is -2.61. The van der Waals surface area contributed by atoms with E-state index in [1.54, 1.807) is 20.4 Å². The molecule has 1 aromatic rings. The minimum atomic E-state index is -0.215. The third kappa shape index (κ3) is 3.79. The number of methoxy groups -OCH3 is 2. The first-order chi connectivity index (χ1) is 13.0. The SMILES string of the molecule is COc1cc(/C=N\NC(=O)NC23CC4CC(CC(C4)C2)C3)cc(Br)c1OC. The summed E-state index contributed by atoms with van der Waals surface area (Å²) >= 11 is 3.46. The number of ether oxygens (including phenoxy) is 2. The van der Waals surface area contributed by atoms with Crippen LogP contribution in [0.4, 0.5) is 4.79 Å². The van der Waals surface area contributed by atoms with E-state index in [1.807, 2.05) is 12.1 Å². The predicted molar refractivity (Wildman–Crippen MR) is 107 cm³/mol. The summed E-state index contributed by atoms with van der Waals surface area (Å²) in [5.41, 5.74) is 3.41. The Bertz CT molecular complexity index is 730. The van der Waals surface area contributed by atoms with E-state index in [0.29, 0.717) is 11.5 Å². The zero-order valence-electron chi connectivity index (χ0n) is 15.8. The van der Waals surface area contributed by atoms with Crippen LogP contribution in [0.2, 0.25) is 0 Å².